The molecule has 0 spiro atoms. The summed E-state index contributed by atoms with van der Waals surface area (Å²) in [6, 6.07) is -0.823. The monoisotopic (exact) mass is 1030 g/mol. The van der Waals surface area contributed by atoms with E-state index in [1.807, 2.05) is 6.08 Å². The Morgan fingerprint density at radius 1 is 0.479 bits per heavy atom. The number of carbonyl (C=O) groups excluding carboxylic acids is 1. The lowest BCUT2D eigenvalue weighted by atomic mass is 9.99. The highest BCUT2D eigenvalue weighted by Crippen LogP contribution is 2.23. The summed E-state index contributed by atoms with van der Waals surface area (Å²) >= 11 is 0. The third-order valence-corrected chi connectivity index (χ3v) is 14.3. The number of nitrogens with one attached hydrogen (secondary N) is 1. The minimum Gasteiger partial charge on any atom is -0.394 e. The number of amides is 1. The van der Waals surface area contributed by atoms with Gasteiger partial charge in [-0.2, -0.15) is 0 Å². The minimum atomic E-state index is -1.57. The molecule has 6 N–H and O–H groups in total. The summed E-state index contributed by atoms with van der Waals surface area (Å²) in [4.78, 5) is 13.1. The van der Waals surface area contributed by atoms with Crippen molar-refractivity contribution in [3.05, 3.63) is 72.9 Å². The Labute approximate surface area is 448 Å². The van der Waals surface area contributed by atoms with Gasteiger partial charge in [0.2, 0.25) is 5.91 Å². The van der Waals surface area contributed by atoms with Gasteiger partial charge in [0.15, 0.2) is 6.29 Å². The Balaban J connectivity index is 2.14. The number of allylic oxidation sites excluding steroid dienone is 11. The van der Waals surface area contributed by atoms with Crippen LogP contribution in [0.15, 0.2) is 72.9 Å². The van der Waals surface area contributed by atoms with E-state index in [4.69, 9.17) is 9.47 Å². The molecular formula is C64H115NO8. The van der Waals surface area contributed by atoms with Crippen LogP contribution in [0.5, 0.6) is 0 Å². The zero-order chi connectivity index (χ0) is 52.9. The lowest BCUT2D eigenvalue weighted by molar-refractivity contribution is -0.302. The Morgan fingerprint density at radius 3 is 1.32 bits per heavy atom. The number of carbonyl (C=O) groups is 1. The predicted molar refractivity (Wildman–Crippen MR) is 309 cm³/mol. The van der Waals surface area contributed by atoms with Gasteiger partial charge >= 0.3 is 0 Å². The van der Waals surface area contributed by atoms with Gasteiger partial charge in [-0.25, -0.2) is 0 Å². The summed E-state index contributed by atoms with van der Waals surface area (Å²) in [5.74, 6) is -0.185. The number of unbranched alkanes of at least 4 members (excludes halogenated alkanes) is 32. The van der Waals surface area contributed by atoms with Crippen molar-refractivity contribution >= 4 is 5.91 Å². The third kappa shape index (κ3) is 42.4. The molecule has 0 aromatic carbocycles. The molecule has 1 aliphatic heterocycles. The molecule has 7 unspecified atom stereocenters. The molecule has 0 aliphatic carbocycles. The van der Waals surface area contributed by atoms with E-state index in [1.165, 1.54) is 186 Å². The smallest absolute Gasteiger partial charge is 0.220 e. The van der Waals surface area contributed by atoms with Gasteiger partial charge in [-0.15, -0.1) is 0 Å². The number of aliphatic hydroxyl groups excluding tert-OH is 5. The molecule has 1 rings (SSSR count). The van der Waals surface area contributed by atoms with Gasteiger partial charge in [-0.1, -0.05) is 267 Å². The van der Waals surface area contributed by atoms with Crippen molar-refractivity contribution in [2.75, 3.05) is 13.2 Å². The fourth-order valence-corrected chi connectivity index (χ4v) is 9.46. The molecule has 0 aromatic heterocycles. The largest absolute Gasteiger partial charge is 0.394 e. The van der Waals surface area contributed by atoms with Crippen molar-refractivity contribution in [3.63, 3.8) is 0 Å². The second kappa shape index (κ2) is 53.0. The van der Waals surface area contributed by atoms with Gasteiger partial charge in [0, 0.05) is 6.42 Å². The van der Waals surface area contributed by atoms with Crippen molar-refractivity contribution in [1.82, 2.24) is 5.32 Å². The summed E-state index contributed by atoms with van der Waals surface area (Å²) in [5.41, 5.74) is 0. The molecule has 9 heteroatoms. The number of rotatable bonds is 52. The minimum absolute atomic E-state index is 0.185. The van der Waals surface area contributed by atoms with Crippen molar-refractivity contribution in [1.29, 1.82) is 0 Å². The molecule has 0 radical (unpaired) electrons. The summed E-state index contributed by atoms with van der Waals surface area (Å²) < 4.78 is 11.3. The Hall–Kier alpha value is -2.37. The average Bonchev–Trinajstić information content (AvgIpc) is 3.39. The average molecular weight is 1030 g/mol. The first-order chi connectivity index (χ1) is 35.8. The highest BCUT2D eigenvalue weighted by atomic mass is 16.7. The molecule has 0 saturated carbocycles. The quantitative estimate of drug-likeness (QED) is 0.0261. The molecule has 7 atom stereocenters. The first kappa shape index (κ1) is 68.6. The van der Waals surface area contributed by atoms with E-state index >= 15 is 0 Å². The number of aliphatic hydroxyl groups is 5. The van der Waals surface area contributed by atoms with E-state index in [9.17, 15) is 30.3 Å². The van der Waals surface area contributed by atoms with E-state index in [0.29, 0.717) is 6.42 Å². The highest BCUT2D eigenvalue weighted by Gasteiger charge is 2.44. The molecule has 1 aliphatic rings. The molecule has 1 amide bonds. The summed E-state index contributed by atoms with van der Waals surface area (Å²) in [6.07, 6.45) is 67.0. The van der Waals surface area contributed by atoms with Crippen LogP contribution >= 0.6 is 0 Å². The van der Waals surface area contributed by atoms with Crippen LogP contribution in [0.2, 0.25) is 0 Å². The van der Waals surface area contributed by atoms with Crippen LogP contribution in [0.25, 0.3) is 0 Å². The SMILES string of the molecule is CC/C=C\C/C=C\C/C=C\C/C=C\CCCCCCCCCCCCCCCCCCCCCCC(=O)NC(COC1OC(CO)C(O)C(O)C1O)C(O)/C=C/CC/C=C/CCCCCCCCCCCCC. The van der Waals surface area contributed by atoms with Crippen LogP contribution in [-0.4, -0.2) is 87.5 Å². The summed E-state index contributed by atoms with van der Waals surface area (Å²) in [6.45, 7) is 3.67. The fourth-order valence-electron chi connectivity index (χ4n) is 9.46. The zero-order valence-corrected chi connectivity index (χ0v) is 47.1. The van der Waals surface area contributed by atoms with Crippen LogP contribution in [0.1, 0.15) is 271 Å². The van der Waals surface area contributed by atoms with E-state index in [1.54, 1.807) is 6.08 Å². The van der Waals surface area contributed by atoms with Crippen molar-refractivity contribution in [2.45, 2.75) is 314 Å². The number of ether oxygens (including phenoxy) is 2. The third-order valence-electron chi connectivity index (χ3n) is 14.3. The van der Waals surface area contributed by atoms with Gasteiger partial charge in [0.1, 0.15) is 24.4 Å². The van der Waals surface area contributed by atoms with Crippen LogP contribution in [0.3, 0.4) is 0 Å². The van der Waals surface area contributed by atoms with E-state index in [0.717, 1.165) is 64.2 Å². The molecule has 1 saturated heterocycles. The number of hydrogen-bond donors (Lipinski definition) is 6. The van der Waals surface area contributed by atoms with Gasteiger partial charge < -0.3 is 40.3 Å². The first-order valence-electron chi connectivity index (χ1n) is 30.7. The molecule has 9 nitrogen and oxygen atoms in total. The summed E-state index contributed by atoms with van der Waals surface area (Å²) in [5, 5.41) is 54.5. The molecule has 1 fully saturated rings. The Bertz CT molecular complexity index is 1380. The standard InChI is InChI=1S/C64H115NO8/c1-3-5-7-9-11-13-15-17-19-21-22-23-24-25-26-27-28-29-30-31-32-33-34-35-36-38-40-42-44-46-48-50-52-54-60(68)65-57(56-72-64-63(71)62(70)61(69)59(55-66)73-64)58(67)53-51-49-47-45-43-41-39-37-20-18-16-14-12-10-8-6-4-2/h5,7,11,13,17,19,22-23,43,45,51,53,57-59,61-64,66-67,69-71H,3-4,6,8-10,12,14-16,18,20-21,24-42,44,46-50,52,54-56H2,1-2H3,(H,65,68)/b7-5-,13-11-,19-17-,23-22-,45-43+,53-51+. The van der Waals surface area contributed by atoms with Crippen molar-refractivity contribution in [3.8, 4) is 0 Å². The molecule has 73 heavy (non-hydrogen) atoms. The van der Waals surface area contributed by atoms with E-state index in [2.05, 4.69) is 79.9 Å². The maximum Gasteiger partial charge on any atom is 0.220 e. The van der Waals surface area contributed by atoms with Gasteiger partial charge in [-0.05, 0) is 70.6 Å². The Morgan fingerprint density at radius 2 is 0.863 bits per heavy atom. The fraction of sp³-hybridized carbons (Fsp3) is 0.797. The second-order valence-electron chi connectivity index (χ2n) is 21.1. The van der Waals surface area contributed by atoms with Gasteiger partial charge in [0.25, 0.3) is 0 Å². The van der Waals surface area contributed by atoms with Crippen LogP contribution in [0.4, 0.5) is 0 Å². The second-order valence-corrected chi connectivity index (χ2v) is 21.1. The highest BCUT2D eigenvalue weighted by molar-refractivity contribution is 5.76. The molecule has 1 heterocycles. The van der Waals surface area contributed by atoms with E-state index < -0.39 is 49.5 Å². The van der Waals surface area contributed by atoms with Crippen LogP contribution < -0.4 is 5.32 Å². The lowest BCUT2D eigenvalue weighted by Crippen LogP contribution is -2.60. The molecule has 424 valence electrons. The molecule has 0 bridgehead atoms. The first-order valence-corrected chi connectivity index (χ1v) is 30.7. The number of hydrogen-bond acceptors (Lipinski definition) is 8. The van der Waals surface area contributed by atoms with Gasteiger partial charge in [0.05, 0.1) is 25.4 Å². The van der Waals surface area contributed by atoms with E-state index in [-0.39, 0.29) is 12.5 Å². The molecule has 0 aromatic rings. The lowest BCUT2D eigenvalue weighted by Gasteiger charge is -2.40. The molecular weight excluding hydrogens is 911 g/mol. The van der Waals surface area contributed by atoms with Gasteiger partial charge in [-0.3, -0.25) is 4.79 Å². The zero-order valence-electron chi connectivity index (χ0n) is 47.1. The van der Waals surface area contributed by atoms with Crippen LogP contribution in [-0.2, 0) is 14.3 Å². The summed E-state index contributed by atoms with van der Waals surface area (Å²) in [7, 11) is 0. The topological polar surface area (TPSA) is 149 Å². The maximum absolute atomic E-state index is 13.1. The Kier molecular flexibility index (Phi) is 49.9. The van der Waals surface area contributed by atoms with Crippen molar-refractivity contribution < 1.29 is 39.8 Å². The normalized spacial score (nSPS) is 19.6. The van der Waals surface area contributed by atoms with Crippen molar-refractivity contribution in [2.24, 2.45) is 0 Å². The predicted octanol–water partition coefficient (Wildman–Crippen LogP) is 15.6. The van der Waals surface area contributed by atoms with Crippen LogP contribution in [0, 0.1) is 0 Å². The maximum atomic E-state index is 13.1.